The first-order chi connectivity index (χ1) is 63.7. The van der Waals surface area contributed by atoms with E-state index in [2.05, 4.69) is 37.2 Å². The Labute approximate surface area is 790 Å². The fourth-order valence-corrected chi connectivity index (χ4v) is 14.6. The van der Waals surface area contributed by atoms with Gasteiger partial charge in [0.05, 0.1) is 50.3 Å². The van der Waals surface area contributed by atoms with Crippen LogP contribution in [0.15, 0.2) is 200 Å². The van der Waals surface area contributed by atoms with Crippen LogP contribution in [-0.2, 0) is 34.0 Å². The lowest BCUT2D eigenvalue weighted by molar-refractivity contribution is -0.385. The van der Waals surface area contributed by atoms with Gasteiger partial charge < -0.3 is 64.2 Å². The van der Waals surface area contributed by atoms with Gasteiger partial charge >= 0.3 is 0 Å². The Bertz CT molecular complexity index is 6080. The van der Waals surface area contributed by atoms with Crippen LogP contribution in [0.3, 0.4) is 0 Å². The molecule has 13 N–H and O–H groups in total. The molecule has 0 radical (unpaired) electrons. The molecule has 0 saturated heterocycles. The van der Waals surface area contributed by atoms with Crippen molar-refractivity contribution in [2.45, 2.75) is 111 Å². The van der Waals surface area contributed by atoms with E-state index in [1.54, 1.807) is 125 Å². The Morgan fingerprint density at radius 2 is 0.726 bits per heavy atom. The first kappa shape index (κ1) is 105. The van der Waals surface area contributed by atoms with Crippen molar-refractivity contribution in [1.29, 1.82) is 0 Å². The van der Waals surface area contributed by atoms with E-state index in [9.17, 15) is 78.3 Å². The number of amides is 10. The Hall–Kier alpha value is -14.0. The minimum atomic E-state index is -0.539. The van der Waals surface area contributed by atoms with Gasteiger partial charge in [-0.2, -0.15) is 39.9 Å². The molecule has 15 rings (SSSR count). The normalized spacial score (nSPS) is 12.7. The number of nitrogens with zero attached hydrogens (tertiary/aromatic N) is 9. The smallest absolute Gasteiger partial charge is 0.275 e. The highest BCUT2D eigenvalue weighted by Gasteiger charge is 2.32. The van der Waals surface area contributed by atoms with Gasteiger partial charge in [-0.1, -0.05) is 66.7 Å². The number of nitro groups is 3. The second kappa shape index (κ2) is 50.2. The van der Waals surface area contributed by atoms with Gasteiger partial charge in [0, 0.05) is 180 Å². The maximum absolute atomic E-state index is 13.3. The van der Waals surface area contributed by atoms with Gasteiger partial charge in [0.15, 0.2) is 0 Å². The summed E-state index contributed by atoms with van der Waals surface area (Å²) in [5, 5.41) is 65.6. The Morgan fingerprint density at radius 3 is 1.09 bits per heavy atom. The summed E-state index contributed by atoms with van der Waals surface area (Å²) < 4.78 is 3.62. The number of nitrogens with one attached hydrogen (secondary N) is 7. The lowest BCUT2D eigenvalue weighted by Crippen LogP contribution is -2.35. The lowest BCUT2D eigenvalue weighted by atomic mass is 10.1. The van der Waals surface area contributed by atoms with Crippen molar-refractivity contribution in [2.24, 2.45) is 40.9 Å². The van der Waals surface area contributed by atoms with Crippen molar-refractivity contribution in [1.82, 2.24) is 66.6 Å². The fourth-order valence-electron chi connectivity index (χ4n) is 14.6. The standard InChI is InChI=1S/C38H37N7O6.C28H27N5O3.C17H24N4O4.C14H19N3O3.3H3P/c1-2-40-38(49)28-13-14-29(33(21-28)45(50)51)23-43(22-24-7-8-24)34(46)19-20-41-37(48)27-15-17-30(18-16-27)44-32-6-4-3-5-31(32)35(42-44)25-9-11-26(12-10-25)36(39)47;29-27(35)20-9-7-19(8-10-20)26-23-3-1-2-4-24(23)33(32-26)22-13-11-21(12-14-22)28(36)30-16-15-25(34)31-17-18-5-6-18;1-2-19-17(23)13-5-6-14(15(9-13)21(24)25)11-20(10-12-3-4-12)16(22)7-8-18;1-2-16-14(18)11-5-6-12(13(7-11)17(19)20)9-15-8-10-3-4-10;;;/h3-6,9-18,21,24H,2,7-8,19-20,22-23H2,1H3,(H2,39,47)(H,40,49)(H,41,48);1-4,7-14,18H,5-6,15-17H2,(H2,29,35)(H,30,36)(H,31,34);5-6,9,12H,2-4,7-8,10-11,18H2,1H3,(H,19,23);5-7,10,15H,2-4,8-9H2,1H3,(H,16,18);3*1H3. The molecule has 11 aromatic rings. The molecule has 10 amide bonds. The highest BCUT2D eigenvalue weighted by atomic mass is 31.0. The topological polar surface area (TPSA) is 505 Å². The maximum Gasteiger partial charge on any atom is 0.275 e. The van der Waals surface area contributed by atoms with E-state index in [1.165, 1.54) is 56.0 Å². The van der Waals surface area contributed by atoms with E-state index in [1.807, 2.05) is 84.4 Å². The van der Waals surface area contributed by atoms with E-state index >= 15 is 0 Å². The molecule has 4 saturated carbocycles. The SMILES string of the molecule is CCNC(=O)c1ccc(CN(CC2CC2)C(=O)CCN)c([N+](=O)[O-])c1.CCNC(=O)c1ccc(CN(CC2CC2)C(=O)CCNC(=O)c2ccc(-n3nc(-c4ccc(C(N)=O)cc4)c4ccccc43)cc2)c([N+](=O)[O-])c1.CCNC(=O)c1ccc(CNCC2CC2)c([N+](=O)[O-])c1.NC(=O)c1ccc(-c2nn(-c3ccc(C(=O)NCCC(=O)NCC4CC4)cc3)c3ccccc23)cc1.P.P.P. The number of nitro benzene ring substituents is 3. The summed E-state index contributed by atoms with van der Waals surface area (Å²) in [7, 11) is 0. The Morgan fingerprint density at radius 1 is 0.393 bits per heavy atom. The molecular formula is C97H116N19O16P3. The average Bonchev–Trinajstić information content (AvgIpc) is 1.63. The minimum Gasteiger partial charge on any atom is -0.366 e. The Balaban J connectivity index is 0.000000213. The third-order valence-corrected chi connectivity index (χ3v) is 22.6. The van der Waals surface area contributed by atoms with Crippen LogP contribution in [0.1, 0.15) is 181 Å². The number of carbonyl (C=O) groups excluding carboxylic acids is 10. The van der Waals surface area contributed by atoms with Crippen LogP contribution >= 0.6 is 29.7 Å². The molecule has 2 heterocycles. The number of hydrogen-bond acceptors (Lipinski definition) is 20. The molecule has 3 atom stereocenters. The van der Waals surface area contributed by atoms with Gasteiger partial charge in [-0.15, -0.1) is 0 Å². The van der Waals surface area contributed by atoms with Crippen molar-refractivity contribution >= 4 is 128 Å². The number of hydrogen-bond donors (Lipinski definition) is 10. The number of carbonyl (C=O) groups is 10. The van der Waals surface area contributed by atoms with Crippen molar-refractivity contribution < 1.29 is 62.7 Å². The highest BCUT2D eigenvalue weighted by molar-refractivity contribution is 6.92. The van der Waals surface area contributed by atoms with E-state index in [4.69, 9.17) is 27.4 Å². The monoisotopic (exact) mass is 1900 g/mol. The molecule has 0 aliphatic heterocycles. The van der Waals surface area contributed by atoms with Gasteiger partial charge in [0.25, 0.3) is 46.6 Å². The predicted octanol–water partition coefficient (Wildman–Crippen LogP) is 11.9. The van der Waals surface area contributed by atoms with E-state index in [0.29, 0.717) is 108 Å². The molecule has 38 heteroatoms. The molecule has 4 aliphatic carbocycles. The molecular weight excluding hydrogens is 1780 g/mol. The number of rotatable bonds is 39. The van der Waals surface area contributed by atoms with Crippen LogP contribution in [-0.4, -0.2) is 169 Å². The molecule has 4 fully saturated rings. The molecule has 135 heavy (non-hydrogen) atoms. The van der Waals surface area contributed by atoms with E-state index in [-0.39, 0.29) is 145 Å². The number of para-hydroxylation sites is 2. The van der Waals surface area contributed by atoms with Crippen molar-refractivity contribution in [3.8, 4) is 33.9 Å². The number of nitrogens with two attached hydrogens (primary N) is 3. The molecule has 710 valence electrons. The lowest BCUT2D eigenvalue weighted by Gasteiger charge is -2.23. The summed E-state index contributed by atoms with van der Waals surface area (Å²) in [6.45, 7) is 10.6. The molecule has 2 aromatic heterocycles. The summed E-state index contributed by atoms with van der Waals surface area (Å²) in [4.78, 5) is 158. The van der Waals surface area contributed by atoms with Crippen LogP contribution in [0.25, 0.3) is 55.7 Å². The third-order valence-electron chi connectivity index (χ3n) is 22.6. The first-order valence-corrected chi connectivity index (χ1v) is 44.1. The summed E-state index contributed by atoms with van der Waals surface area (Å²) in [5.41, 5.74) is 26.3. The summed E-state index contributed by atoms with van der Waals surface area (Å²) >= 11 is 0. The van der Waals surface area contributed by atoms with Crippen LogP contribution < -0.4 is 54.4 Å². The van der Waals surface area contributed by atoms with E-state index < -0.39 is 32.5 Å². The molecule has 0 bridgehead atoms. The molecule has 3 unspecified atom stereocenters. The van der Waals surface area contributed by atoms with Crippen LogP contribution in [0.5, 0.6) is 0 Å². The van der Waals surface area contributed by atoms with Crippen LogP contribution in [0.2, 0.25) is 0 Å². The summed E-state index contributed by atoms with van der Waals surface area (Å²) in [6.07, 6.45) is 9.47. The van der Waals surface area contributed by atoms with Gasteiger partial charge in [0.2, 0.25) is 29.5 Å². The second-order valence-electron chi connectivity index (χ2n) is 32.7. The van der Waals surface area contributed by atoms with Crippen molar-refractivity contribution in [3.63, 3.8) is 0 Å². The Kier molecular flexibility index (Phi) is 39.0. The van der Waals surface area contributed by atoms with Gasteiger partial charge in [-0.05, 0) is 218 Å². The fraction of sp³-hybridized carbons (Fsp3) is 0.320. The average molecular weight is 1900 g/mol. The van der Waals surface area contributed by atoms with Crippen LogP contribution in [0.4, 0.5) is 17.1 Å². The number of primary amides is 2. The summed E-state index contributed by atoms with van der Waals surface area (Å²) in [5.74, 6) is -0.806. The second-order valence-corrected chi connectivity index (χ2v) is 32.7. The predicted molar refractivity (Wildman–Crippen MR) is 531 cm³/mol. The van der Waals surface area contributed by atoms with Crippen molar-refractivity contribution in [2.75, 3.05) is 65.4 Å². The quantitative estimate of drug-likeness (QED) is 0.00971. The highest BCUT2D eigenvalue weighted by Crippen LogP contribution is 2.37. The molecule has 9 aromatic carbocycles. The van der Waals surface area contributed by atoms with E-state index in [0.717, 1.165) is 100 Å². The maximum atomic E-state index is 13.3. The van der Waals surface area contributed by atoms with Gasteiger partial charge in [-0.25, -0.2) is 9.36 Å². The zero-order valence-corrected chi connectivity index (χ0v) is 80.0. The zero-order valence-electron chi connectivity index (χ0n) is 75.7. The van der Waals surface area contributed by atoms with Crippen LogP contribution in [0, 0.1) is 54.0 Å². The molecule has 4 aliphatic rings. The number of benzene rings is 9. The molecule has 0 spiro atoms. The number of fused-ring (bicyclic) bond motifs is 2. The minimum absolute atomic E-state index is 0. The largest absolute Gasteiger partial charge is 0.366 e. The van der Waals surface area contributed by atoms with Gasteiger partial charge in [-0.3, -0.25) is 78.3 Å². The number of aromatic nitrogens is 4. The summed E-state index contributed by atoms with van der Waals surface area (Å²) in [6, 6.07) is 57.1. The van der Waals surface area contributed by atoms with Crippen molar-refractivity contribution in [3.05, 3.63) is 286 Å². The van der Waals surface area contributed by atoms with Gasteiger partial charge in [0.1, 0.15) is 11.4 Å². The first-order valence-electron chi connectivity index (χ1n) is 44.1. The third kappa shape index (κ3) is 29.5. The molecule has 35 nitrogen and oxygen atoms in total. The zero-order chi connectivity index (χ0) is 94.1.